The molecule has 0 amide bonds. The van der Waals surface area contributed by atoms with Crippen molar-refractivity contribution in [2.75, 3.05) is 18.2 Å². The van der Waals surface area contributed by atoms with Gasteiger partial charge in [-0.25, -0.2) is 0 Å². The van der Waals surface area contributed by atoms with Gasteiger partial charge in [-0.2, -0.15) is 5.26 Å². The van der Waals surface area contributed by atoms with Crippen molar-refractivity contribution in [3.05, 3.63) is 53.1 Å². The largest absolute Gasteiger partial charge is 0.496 e. The highest BCUT2D eigenvalue weighted by atomic mass is 16.5. The maximum Gasteiger partial charge on any atom is 0.123 e. The SMILES string of the molecule is COc1ccc(C)cc1CNc1cc(C#N)ccc1N. The van der Waals surface area contributed by atoms with Crippen LogP contribution in [0.1, 0.15) is 16.7 Å². The monoisotopic (exact) mass is 267 g/mol. The number of hydrogen-bond acceptors (Lipinski definition) is 4. The summed E-state index contributed by atoms with van der Waals surface area (Å²) in [6.07, 6.45) is 0. The first-order valence-electron chi connectivity index (χ1n) is 6.31. The Balaban J connectivity index is 2.21. The van der Waals surface area contributed by atoms with E-state index in [1.165, 1.54) is 5.56 Å². The number of rotatable bonds is 4. The topological polar surface area (TPSA) is 71.1 Å². The number of anilines is 2. The molecule has 0 atom stereocenters. The Bertz CT molecular complexity index is 657. The van der Waals surface area contributed by atoms with E-state index in [0.29, 0.717) is 17.8 Å². The van der Waals surface area contributed by atoms with Crippen molar-refractivity contribution in [3.8, 4) is 11.8 Å². The van der Waals surface area contributed by atoms with Gasteiger partial charge in [-0.15, -0.1) is 0 Å². The lowest BCUT2D eigenvalue weighted by Crippen LogP contribution is -2.04. The molecule has 0 spiro atoms. The van der Waals surface area contributed by atoms with Gasteiger partial charge in [0.05, 0.1) is 30.1 Å². The second kappa shape index (κ2) is 5.98. The smallest absolute Gasteiger partial charge is 0.123 e. The summed E-state index contributed by atoms with van der Waals surface area (Å²) in [6.45, 7) is 2.62. The van der Waals surface area contributed by atoms with E-state index in [2.05, 4.69) is 17.5 Å². The fourth-order valence-corrected chi connectivity index (χ4v) is 2.01. The molecule has 4 heteroatoms. The number of methoxy groups -OCH3 is 1. The van der Waals surface area contributed by atoms with Crippen molar-refractivity contribution in [2.45, 2.75) is 13.5 Å². The minimum atomic E-state index is 0.581. The normalized spacial score (nSPS) is 9.85. The molecule has 102 valence electrons. The van der Waals surface area contributed by atoms with Gasteiger partial charge in [0.15, 0.2) is 0 Å². The highest BCUT2D eigenvalue weighted by molar-refractivity contribution is 5.68. The Labute approximate surface area is 118 Å². The maximum atomic E-state index is 8.92. The zero-order valence-electron chi connectivity index (χ0n) is 11.6. The summed E-state index contributed by atoms with van der Waals surface area (Å²) in [4.78, 5) is 0. The van der Waals surface area contributed by atoms with Crippen molar-refractivity contribution >= 4 is 11.4 Å². The molecule has 0 aliphatic carbocycles. The molecule has 20 heavy (non-hydrogen) atoms. The summed E-state index contributed by atoms with van der Waals surface area (Å²) in [6, 6.07) is 13.3. The van der Waals surface area contributed by atoms with Gasteiger partial charge in [-0.05, 0) is 31.2 Å². The first-order chi connectivity index (χ1) is 9.63. The van der Waals surface area contributed by atoms with E-state index >= 15 is 0 Å². The zero-order chi connectivity index (χ0) is 14.5. The van der Waals surface area contributed by atoms with Crippen LogP contribution >= 0.6 is 0 Å². The summed E-state index contributed by atoms with van der Waals surface area (Å²) in [5.74, 6) is 0.832. The van der Waals surface area contributed by atoms with Gasteiger partial charge < -0.3 is 15.8 Å². The van der Waals surface area contributed by atoms with Crippen LogP contribution in [0.2, 0.25) is 0 Å². The van der Waals surface area contributed by atoms with Crippen molar-refractivity contribution < 1.29 is 4.74 Å². The Hall–Kier alpha value is -2.67. The van der Waals surface area contributed by atoms with Crippen LogP contribution in [-0.2, 0) is 6.54 Å². The number of nitrogens with zero attached hydrogens (tertiary/aromatic N) is 1. The molecule has 0 unspecified atom stereocenters. The summed E-state index contributed by atoms with van der Waals surface area (Å²) in [7, 11) is 1.65. The van der Waals surface area contributed by atoms with Crippen LogP contribution in [0.4, 0.5) is 11.4 Å². The molecular formula is C16H17N3O. The van der Waals surface area contributed by atoms with Gasteiger partial charge in [-0.3, -0.25) is 0 Å². The summed E-state index contributed by atoms with van der Waals surface area (Å²) in [5.41, 5.74) is 10.1. The first-order valence-corrected chi connectivity index (χ1v) is 6.31. The third-order valence-corrected chi connectivity index (χ3v) is 3.09. The number of nitrogens with one attached hydrogen (secondary N) is 1. The van der Waals surface area contributed by atoms with Crippen molar-refractivity contribution in [1.29, 1.82) is 5.26 Å². The van der Waals surface area contributed by atoms with Crippen LogP contribution in [0.3, 0.4) is 0 Å². The fourth-order valence-electron chi connectivity index (χ4n) is 2.01. The molecule has 3 N–H and O–H groups in total. The zero-order valence-corrected chi connectivity index (χ0v) is 11.6. The maximum absolute atomic E-state index is 8.92. The van der Waals surface area contributed by atoms with Crippen LogP contribution in [0.5, 0.6) is 5.75 Å². The molecule has 2 rings (SSSR count). The Kier molecular flexibility index (Phi) is 4.11. The number of nitrogen functional groups attached to an aromatic ring is 1. The number of hydrogen-bond donors (Lipinski definition) is 2. The molecular weight excluding hydrogens is 250 g/mol. The predicted molar refractivity (Wildman–Crippen MR) is 80.6 cm³/mol. The van der Waals surface area contributed by atoms with Gasteiger partial charge in [0.2, 0.25) is 0 Å². The third kappa shape index (κ3) is 3.01. The average Bonchev–Trinajstić information content (AvgIpc) is 2.46. The Morgan fingerprint density at radius 3 is 2.75 bits per heavy atom. The predicted octanol–water partition coefficient (Wildman–Crippen LogP) is 3.07. The molecule has 0 saturated heterocycles. The van der Waals surface area contributed by atoms with Crippen LogP contribution in [-0.4, -0.2) is 7.11 Å². The van der Waals surface area contributed by atoms with Gasteiger partial charge in [0.1, 0.15) is 5.75 Å². The van der Waals surface area contributed by atoms with Crippen LogP contribution in [0.15, 0.2) is 36.4 Å². The second-order valence-corrected chi connectivity index (χ2v) is 4.58. The number of nitriles is 1. The molecule has 4 nitrogen and oxygen atoms in total. The molecule has 0 fully saturated rings. The first kappa shape index (κ1) is 13.8. The summed E-state index contributed by atoms with van der Waals surface area (Å²) in [5, 5.41) is 12.2. The lowest BCUT2D eigenvalue weighted by atomic mass is 10.1. The van der Waals surface area contributed by atoms with Gasteiger partial charge >= 0.3 is 0 Å². The quantitative estimate of drug-likeness (QED) is 0.835. The minimum Gasteiger partial charge on any atom is -0.496 e. The van der Waals surface area contributed by atoms with E-state index in [9.17, 15) is 0 Å². The van der Waals surface area contributed by atoms with Crippen LogP contribution in [0, 0.1) is 18.3 Å². The van der Waals surface area contributed by atoms with Crippen LogP contribution < -0.4 is 15.8 Å². The van der Waals surface area contributed by atoms with E-state index in [4.69, 9.17) is 15.7 Å². The van der Waals surface area contributed by atoms with E-state index in [0.717, 1.165) is 17.0 Å². The van der Waals surface area contributed by atoms with Crippen LogP contribution in [0.25, 0.3) is 0 Å². The summed E-state index contributed by atoms with van der Waals surface area (Å²) >= 11 is 0. The fraction of sp³-hybridized carbons (Fsp3) is 0.188. The highest BCUT2D eigenvalue weighted by Gasteiger charge is 2.05. The molecule has 0 aliphatic rings. The van der Waals surface area contributed by atoms with E-state index < -0.39 is 0 Å². The lowest BCUT2D eigenvalue weighted by Gasteiger charge is -2.13. The standard InChI is InChI=1S/C16H17N3O/c1-11-3-6-16(20-2)13(7-11)10-19-15-8-12(9-17)4-5-14(15)18/h3-8,19H,10,18H2,1-2H3. The minimum absolute atomic E-state index is 0.581. The van der Waals surface area contributed by atoms with Crippen molar-refractivity contribution in [3.63, 3.8) is 0 Å². The average molecular weight is 267 g/mol. The number of ether oxygens (including phenoxy) is 1. The molecule has 0 bridgehead atoms. The van der Waals surface area contributed by atoms with Gasteiger partial charge in [0.25, 0.3) is 0 Å². The molecule has 2 aromatic rings. The molecule has 0 aromatic heterocycles. The molecule has 0 aliphatic heterocycles. The van der Waals surface area contributed by atoms with Gasteiger partial charge in [0, 0.05) is 12.1 Å². The van der Waals surface area contributed by atoms with Crippen molar-refractivity contribution in [2.24, 2.45) is 0 Å². The second-order valence-electron chi connectivity index (χ2n) is 4.58. The Morgan fingerprint density at radius 1 is 1.25 bits per heavy atom. The number of nitrogens with two attached hydrogens (primary N) is 1. The molecule has 0 radical (unpaired) electrons. The van der Waals surface area contributed by atoms with Crippen molar-refractivity contribution in [1.82, 2.24) is 0 Å². The van der Waals surface area contributed by atoms with E-state index in [1.54, 1.807) is 25.3 Å². The van der Waals surface area contributed by atoms with E-state index in [-0.39, 0.29) is 0 Å². The number of benzene rings is 2. The third-order valence-electron chi connectivity index (χ3n) is 3.09. The Morgan fingerprint density at radius 2 is 2.05 bits per heavy atom. The highest BCUT2D eigenvalue weighted by Crippen LogP contribution is 2.24. The lowest BCUT2D eigenvalue weighted by molar-refractivity contribution is 0.410. The number of aryl methyl sites for hydroxylation is 1. The summed E-state index contributed by atoms with van der Waals surface area (Å²) < 4.78 is 5.34. The molecule has 0 saturated carbocycles. The molecule has 2 aromatic carbocycles. The van der Waals surface area contributed by atoms with E-state index in [1.807, 2.05) is 19.1 Å². The molecule has 0 heterocycles. The van der Waals surface area contributed by atoms with Gasteiger partial charge in [-0.1, -0.05) is 17.7 Å².